The Bertz CT molecular complexity index is 3470. The summed E-state index contributed by atoms with van der Waals surface area (Å²) in [6.07, 6.45) is 0. The normalized spacial score (nSPS) is 12.0. The van der Waals surface area contributed by atoms with Crippen molar-refractivity contribution in [2.24, 2.45) is 0 Å². The summed E-state index contributed by atoms with van der Waals surface area (Å²) in [7, 11) is 0. The molecule has 2 nitrogen and oxygen atoms in total. The molecule has 0 saturated heterocycles. The van der Waals surface area contributed by atoms with Crippen molar-refractivity contribution >= 4 is 85.9 Å². The maximum absolute atomic E-state index is 2.48. The van der Waals surface area contributed by atoms with Gasteiger partial charge in [0.1, 0.15) is 0 Å². The molecule has 0 fully saturated rings. The van der Waals surface area contributed by atoms with Gasteiger partial charge in [0.25, 0.3) is 0 Å². The molecule has 0 aliphatic heterocycles. The van der Waals surface area contributed by atoms with E-state index in [1.165, 1.54) is 96.8 Å². The van der Waals surface area contributed by atoms with Gasteiger partial charge in [-0.15, -0.1) is 11.3 Å². The SMILES string of the molecule is c1ccc2cc(-c3ccc(-n4c5ccccc5c5ccc6c7ccccc7n(-c7ccc(-c8cccc9c8sc8ccccc89)cc7)c6c54)cc3)ccc2c1. The zero-order chi connectivity index (χ0) is 36.0. The molecular weight excluding hydrogens is 685 g/mol. The van der Waals surface area contributed by atoms with Crippen molar-refractivity contribution < 1.29 is 0 Å². The second-order valence-electron chi connectivity index (χ2n) is 14.5. The number of aromatic nitrogens is 2. The highest BCUT2D eigenvalue weighted by molar-refractivity contribution is 7.26. The van der Waals surface area contributed by atoms with E-state index in [0.717, 1.165) is 11.4 Å². The Morgan fingerprint density at radius 1 is 0.327 bits per heavy atom. The van der Waals surface area contributed by atoms with Gasteiger partial charge in [0.05, 0.1) is 22.1 Å². The topological polar surface area (TPSA) is 9.86 Å². The first kappa shape index (κ1) is 30.5. The van der Waals surface area contributed by atoms with Crippen molar-refractivity contribution in [3.63, 3.8) is 0 Å². The molecule has 0 atom stereocenters. The fraction of sp³-hybridized carbons (Fsp3) is 0. The van der Waals surface area contributed by atoms with E-state index < -0.39 is 0 Å². The molecule has 3 heterocycles. The average molecular weight is 717 g/mol. The summed E-state index contributed by atoms with van der Waals surface area (Å²) < 4.78 is 7.62. The number of benzene rings is 9. The van der Waals surface area contributed by atoms with Crippen molar-refractivity contribution in [3.05, 3.63) is 194 Å². The summed E-state index contributed by atoms with van der Waals surface area (Å²) in [5, 5.41) is 10.2. The molecule has 55 heavy (non-hydrogen) atoms. The molecule has 0 saturated carbocycles. The van der Waals surface area contributed by atoms with Crippen LogP contribution < -0.4 is 0 Å². The van der Waals surface area contributed by atoms with Gasteiger partial charge < -0.3 is 9.13 Å². The molecule has 12 aromatic rings. The fourth-order valence-corrected chi connectivity index (χ4v) is 10.2. The number of nitrogens with zero attached hydrogens (tertiary/aromatic N) is 2. The van der Waals surface area contributed by atoms with Gasteiger partial charge in [0, 0.05) is 53.1 Å². The van der Waals surface area contributed by atoms with E-state index in [0.29, 0.717) is 0 Å². The second kappa shape index (κ2) is 11.8. The summed E-state index contributed by atoms with van der Waals surface area (Å²) in [5.41, 5.74) is 12.1. The number of hydrogen-bond donors (Lipinski definition) is 0. The Kier molecular flexibility index (Phi) is 6.54. The third-order valence-electron chi connectivity index (χ3n) is 11.5. The van der Waals surface area contributed by atoms with Gasteiger partial charge in [-0.3, -0.25) is 0 Å². The summed E-state index contributed by atoms with van der Waals surface area (Å²) in [4.78, 5) is 0. The van der Waals surface area contributed by atoms with Crippen LogP contribution in [0.1, 0.15) is 0 Å². The van der Waals surface area contributed by atoms with Crippen LogP contribution in [-0.4, -0.2) is 9.13 Å². The largest absolute Gasteiger partial charge is 0.307 e. The Hall–Kier alpha value is -6.94. The molecule has 0 N–H and O–H groups in total. The first-order valence-corrected chi connectivity index (χ1v) is 19.7. The minimum Gasteiger partial charge on any atom is -0.307 e. The molecule has 256 valence electrons. The van der Waals surface area contributed by atoms with Crippen molar-refractivity contribution in [2.45, 2.75) is 0 Å². The Balaban J connectivity index is 1.07. The van der Waals surface area contributed by atoms with E-state index in [1.807, 2.05) is 11.3 Å². The molecule has 9 aromatic carbocycles. The molecule has 0 aliphatic carbocycles. The van der Waals surface area contributed by atoms with Crippen LogP contribution in [0.4, 0.5) is 0 Å². The van der Waals surface area contributed by atoms with Crippen molar-refractivity contribution in [3.8, 4) is 33.6 Å². The highest BCUT2D eigenvalue weighted by Crippen LogP contribution is 2.43. The van der Waals surface area contributed by atoms with E-state index in [-0.39, 0.29) is 0 Å². The summed E-state index contributed by atoms with van der Waals surface area (Å²) in [5.74, 6) is 0. The lowest BCUT2D eigenvalue weighted by molar-refractivity contribution is 1.15. The smallest absolute Gasteiger partial charge is 0.0788 e. The fourth-order valence-electron chi connectivity index (χ4n) is 8.97. The van der Waals surface area contributed by atoms with E-state index >= 15 is 0 Å². The lowest BCUT2D eigenvalue weighted by Gasteiger charge is -2.14. The van der Waals surface area contributed by atoms with Crippen LogP contribution in [-0.2, 0) is 0 Å². The van der Waals surface area contributed by atoms with Crippen LogP contribution in [0.2, 0.25) is 0 Å². The van der Waals surface area contributed by atoms with E-state index in [1.54, 1.807) is 0 Å². The van der Waals surface area contributed by atoms with Gasteiger partial charge in [0.2, 0.25) is 0 Å². The molecule has 12 rings (SSSR count). The van der Waals surface area contributed by atoms with Gasteiger partial charge in [-0.05, 0) is 81.6 Å². The zero-order valence-corrected chi connectivity index (χ0v) is 30.6. The Labute approximate surface area is 321 Å². The number of rotatable bonds is 4. The van der Waals surface area contributed by atoms with E-state index in [9.17, 15) is 0 Å². The Morgan fingerprint density at radius 2 is 0.855 bits per heavy atom. The first-order chi connectivity index (χ1) is 27.3. The highest BCUT2D eigenvalue weighted by atomic mass is 32.1. The molecule has 0 spiro atoms. The maximum Gasteiger partial charge on any atom is 0.0788 e. The molecule has 0 radical (unpaired) electrons. The predicted octanol–water partition coefficient (Wildman–Crippen LogP) is 14.7. The monoisotopic (exact) mass is 716 g/mol. The quantitative estimate of drug-likeness (QED) is 0.172. The van der Waals surface area contributed by atoms with Crippen molar-refractivity contribution in [1.82, 2.24) is 9.13 Å². The predicted molar refractivity (Wildman–Crippen MR) is 236 cm³/mol. The number of thiophene rings is 1. The molecular formula is C52H32N2S. The standard InChI is InChI=1S/C52H32N2S/c1-2-11-36-32-37(21-20-33(36)10-1)34-22-26-38(27-23-34)53-47-17-6-3-12-41(47)44-30-31-45-42-13-4-7-18-48(42)54(51(45)50(44)53)39-28-24-35(25-29-39)40-15-9-16-46-43-14-5-8-19-49(43)55-52(40)46/h1-32H. The summed E-state index contributed by atoms with van der Waals surface area (Å²) >= 11 is 1.88. The van der Waals surface area contributed by atoms with Crippen LogP contribution in [0, 0.1) is 0 Å². The molecule has 3 aromatic heterocycles. The van der Waals surface area contributed by atoms with Crippen molar-refractivity contribution in [1.29, 1.82) is 0 Å². The van der Waals surface area contributed by atoms with Crippen LogP contribution >= 0.6 is 11.3 Å². The number of fused-ring (bicyclic) bond motifs is 11. The average Bonchev–Trinajstić information content (AvgIpc) is 3.92. The molecule has 0 aliphatic rings. The van der Waals surface area contributed by atoms with Gasteiger partial charge in [-0.25, -0.2) is 0 Å². The summed E-state index contributed by atoms with van der Waals surface area (Å²) in [6, 6.07) is 71.4. The lowest BCUT2D eigenvalue weighted by Crippen LogP contribution is -1.99. The summed E-state index contributed by atoms with van der Waals surface area (Å²) in [6.45, 7) is 0. The molecule has 3 heteroatoms. The van der Waals surface area contributed by atoms with Crippen LogP contribution in [0.15, 0.2) is 194 Å². The van der Waals surface area contributed by atoms with E-state index in [2.05, 4.69) is 203 Å². The Morgan fingerprint density at radius 3 is 1.53 bits per heavy atom. The highest BCUT2D eigenvalue weighted by Gasteiger charge is 2.21. The zero-order valence-electron chi connectivity index (χ0n) is 29.8. The lowest BCUT2D eigenvalue weighted by atomic mass is 10.0. The van der Waals surface area contributed by atoms with E-state index in [4.69, 9.17) is 0 Å². The van der Waals surface area contributed by atoms with Gasteiger partial charge >= 0.3 is 0 Å². The maximum atomic E-state index is 2.48. The number of hydrogen-bond acceptors (Lipinski definition) is 1. The minimum absolute atomic E-state index is 1.15. The minimum atomic E-state index is 1.15. The van der Waals surface area contributed by atoms with Gasteiger partial charge in [0.15, 0.2) is 0 Å². The van der Waals surface area contributed by atoms with Gasteiger partial charge in [-0.2, -0.15) is 0 Å². The molecule has 0 unspecified atom stereocenters. The van der Waals surface area contributed by atoms with Gasteiger partial charge in [-0.1, -0.05) is 146 Å². The second-order valence-corrected chi connectivity index (χ2v) is 15.6. The third kappa shape index (κ3) is 4.54. The van der Waals surface area contributed by atoms with Crippen molar-refractivity contribution in [2.75, 3.05) is 0 Å². The van der Waals surface area contributed by atoms with Crippen LogP contribution in [0.5, 0.6) is 0 Å². The van der Waals surface area contributed by atoms with Crippen LogP contribution in [0.3, 0.4) is 0 Å². The first-order valence-electron chi connectivity index (χ1n) is 18.8. The number of para-hydroxylation sites is 2. The third-order valence-corrected chi connectivity index (χ3v) is 12.7. The van der Waals surface area contributed by atoms with Crippen LogP contribution in [0.25, 0.3) is 108 Å². The molecule has 0 bridgehead atoms. The molecule has 0 amide bonds.